The molecular weight excluding hydrogens is 368 g/mol. The summed E-state index contributed by atoms with van der Waals surface area (Å²) in [6.45, 7) is 1.29. The molecular formula is C18H22N4O4S. The van der Waals surface area contributed by atoms with Gasteiger partial charge >= 0.3 is 0 Å². The Morgan fingerprint density at radius 2 is 1.74 bits per heavy atom. The molecule has 2 amide bonds. The Hall–Kier alpha value is -2.78. The Bertz CT molecular complexity index is 916. The van der Waals surface area contributed by atoms with Crippen molar-refractivity contribution >= 4 is 27.7 Å². The third-order valence-corrected chi connectivity index (χ3v) is 5.62. The average Bonchev–Trinajstić information content (AvgIpc) is 2.62. The maximum Gasteiger partial charge on any atom is 0.245 e. The Morgan fingerprint density at radius 3 is 2.37 bits per heavy atom. The molecule has 2 aromatic rings. The van der Waals surface area contributed by atoms with Gasteiger partial charge in [0.25, 0.3) is 0 Å². The maximum atomic E-state index is 12.5. The minimum absolute atomic E-state index is 0.103. The number of amides is 2. The summed E-state index contributed by atoms with van der Waals surface area (Å²) in [5, 5.41) is 2.60. The number of carbonyl (C=O) groups is 2. The van der Waals surface area contributed by atoms with Crippen LogP contribution in [0.2, 0.25) is 0 Å². The van der Waals surface area contributed by atoms with Gasteiger partial charge in [-0.2, -0.15) is 4.31 Å². The highest BCUT2D eigenvalue weighted by Gasteiger charge is 2.24. The molecule has 8 nitrogen and oxygen atoms in total. The van der Waals surface area contributed by atoms with Gasteiger partial charge in [0, 0.05) is 20.3 Å². The molecule has 0 unspecified atom stereocenters. The van der Waals surface area contributed by atoms with Crippen LogP contribution in [0.1, 0.15) is 5.56 Å². The molecule has 0 spiro atoms. The maximum absolute atomic E-state index is 12.5. The highest BCUT2D eigenvalue weighted by atomic mass is 32.2. The highest BCUT2D eigenvalue weighted by molar-refractivity contribution is 7.89. The fraction of sp³-hybridized carbons (Fsp3) is 0.278. The third kappa shape index (κ3) is 5.60. The number of sulfonamides is 1. The molecule has 0 radical (unpaired) electrons. The van der Waals surface area contributed by atoms with Crippen molar-refractivity contribution in [3.63, 3.8) is 0 Å². The SMILES string of the molecule is Cc1ccnc(NC(=O)CN(C)C(=O)CN(C)S(=O)(=O)c2ccccc2)c1. The number of rotatable bonds is 7. The van der Waals surface area contributed by atoms with Crippen molar-refractivity contribution in [3.05, 3.63) is 54.2 Å². The molecule has 1 aromatic heterocycles. The average molecular weight is 390 g/mol. The number of hydrogen-bond acceptors (Lipinski definition) is 5. The Balaban J connectivity index is 1.94. The summed E-state index contributed by atoms with van der Waals surface area (Å²) in [5.74, 6) is -0.522. The molecule has 0 saturated heterocycles. The van der Waals surface area contributed by atoms with E-state index in [4.69, 9.17) is 0 Å². The van der Waals surface area contributed by atoms with E-state index in [0.717, 1.165) is 9.87 Å². The van der Waals surface area contributed by atoms with Gasteiger partial charge in [0.1, 0.15) is 5.82 Å². The first kappa shape index (κ1) is 20.5. The lowest BCUT2D eigenvalue weighted by Crippen LogP contribution is -2.42. The molecule has 2 rings (SSSR count). The third-order valence-electron chi connectivity index (χ3n) is 3.80. The fourth-order valence-corrected chi connectivity index (χ4v) is 3.40. The number of aromatic nitrogens is 1. The summed E-state index contributed by atoms with van der Waals surface area (Å²) in [5.41, 5.74) is 0.942. The van der Waals surface area contributed by atoms with E-state index >= 15 is 0 Å². The van der Waals surface area contributed by atoms with Gasteiger partial charge < -0.3 is 10.2 Å². The normalized spacial score (nSPS) is 11.3. The summed E-state index contributed by atoms with van der Waals surface area (Å²) in [7, 11) is -1.01. The van der Waals surface area contributed by atoms with Crippen LogP contribution in [0.5, 0.6) is 0 Å². The van der Waals surface area contributed by atoms with Crippen LogP contribution in [0.3, 0.4) is 0 Å². The molecule has 27 heavy (non-hydrogen) atoms. The quantitative estimate of drug-likeness (QED) is 0.763. The zero-order chi connectivity index (χ0) is 20.0. The highest BCUT2D eigenvalue weighted by Crippen LogP contribution is 2.13. The van der Waals surface area contributed by atoms with E-state index in [9.17, 15) is 18.0 Å². The number of benzene rings is 1. The van der Waals surface area contributed by atoms with Crippen molar-refractivity contribution in [1.29, 1.82) is 0 Å². The molecule has 0 fully saturated rings. The second-order valence-corrected chi connectivity index (χ2v) is 8.14. The van der Waals surface area contributed by atoms with E-state index in [1.54, 1.807) is 36.5 Å². The summed E-state index contributed by atoms with van der Waals surface area (Å²) in [4.78, 5) is 29.7. The van der Waals surface area contributed by atoms with Crippen LogP contribution < -0.4 is 5.32 Å². The van der Waals surface area contributed by atoms with Gasteiger partial charge in [-0.3, -0.25) is 9.59 Å². The Kier molecular flexibility index (Phi) is 6.65. The zero-order valence-electron chi connectivity index (χ0n) is 15.4. The van der Waals surface area contributed by atoms with Crippen molar-refractivity contribution in [2.24, 2.45) is 0 Å². The molecule has 1 heterocycles. The molecule has 0 aliphatic rings. The van der Waals surface area contributed by atoms with Crippen LogP contribution in [-0.2, 0) is 19.6 Å². The Morgan fingerprint density at radius 1 is 1.07 bits per heavy atom. The van der Waals surface area contributed by atoms with E-state index in [0.29, 0.717) is 5.82 Å². The Labute approximate surface area is 158 Å². The van der Waals surface area contributed by atoms with Crippen LogP contribution in [0.4, 0.5) is 5.82 Å². The summed E-state index contributed by atoms with van der Waals surface area (Å²) in [6, 6.07) is 11.4. The monoisotopic (exact) mass is 390 g/mol. The van der Waals surface area contributed by atoms with E-state index in [-0.39, 0.29) is 18.0 Å². The van der Waals surface area contributed by atoms with Gasteiger partial charge in [-0.15, -0.1) is 0 Å². The standard InChI is InChI=1S/C18H22N4O4S/c1-14-9-10-19-16(11-14)20-17(23)12-21(2)18(24)13-22(3)27(25,26)15-7-5-4-6-8-15/h4-11H,12-13H2,1-3H3,(H,19,20,23). The van der Waals surface area contributed by atoms with Crippen LogP contribution in [0.25, 0.3) is 0 Å². The van der Waals surface area contributed by atoms with Gasteiger partial charge in [0.05, 0.1) is 18.0 Å². The van der Waals surface area contributed by atoms with Crippen molar-refractivity contribution < 1.29 is 18.0 Å². The number of hydrogen-bond donors (Lipinski definition) is 1. The predicted molar refractivity (Wildman–Crippen MR) is 101 cm³/mol. The van der Waals surface area contributed by atoms with Crippen LogP contribution in [-0.4, -0.2) is 61.6 Å². The molecule has 0 aliphatic carbocycles. The van der Waals surface area contributed by atoms with Crippen molar-refractivity contribution in [2.45, 2.75) is 11.8 Å². The summed E-state index contributed by atoms with van der Waals surface area (Å²) >= 11 is 0. The van der Waals surface area contributed by atoms with Crippen LogP contribution in [0, 0.1) is 6.92 Å². The first-order valence-electron chi connectivity index (χ1n) is 8.18. The molecule has 0 saturated carbocycles. The predicted octanol–water partition coefficient (Wildman–Crippen LogP) is 1.11. The summed E-state index contributed by atoms with van der Waals surface area (Å²) < 4.78 is 25.9. The molecule has 9 heteroatoms. The minimum Gasteiger partial charge on any atom is -0.335 e. The van der Waals surface area contributed by atoms with Gasteiger partial charge in [0.2, 0.25) is 21.8 Å². The molecule has 1 N–H and O–H groups in total. The number of pyridine rings is 1. The van der Waals surface area contributed by atoms with E-state index < -0.39 is 21.8 Å². The molecule has 144 valence electrons. The zero-order valence-corrected chi connectivity index (χ0v) is 16.2. The van der Waals surface area contributed by atoms with E-state index in [1.165, 1.54) is 31.1 Å². The van der Waals surface area contributed by atoms with E-state index in [2.05, 4.69) is 10.3 Å². The second-order valence-electron chi connectivity index (χ2n) is 6.09. The van der Waals surface area contributed by atoms with Crippen molar-refractivity contribution in [2.75, 3.05) is 32.5 Å². The lowest BCUT2D eigenvalue weighted by Gasteiger charge is -2.21. The van der Waals surface area contributed by atoms with E-state index in [1.807, 2.05) is 6.92 Å². The van der Waals surface area contributed by atoms with Gasteiger partial charge in [0.15, 0.2) is 0 Å². The first-order valence-corrected chi connectivity index (χ1v) is 9.62. The van der Waals surface area contributed by atoms with Crippen molar-refractivity contribution in [3.8, 4) is 0 Å². The summed E-state index contributed by atoms with van der Waals surface area (Å²) in [6.07, 6.45) is 1.57. The number of likely N-dealkylation sites (N-methyl/N-ethyl adjacent to an activating group) is 2. The van der Waals surface area contributed by atoms with Crippen LogP contribution in [0.15, 0.2) is 53.6 Å². The lowest BCUT2D eigenvalue weighted by atomic mass is 10.3. The second kappa shape index (κ2) is 8.74. The minimum atomic E-state index is -3.77. The number of nitrogens with zero attached hydrogens (tertiary/aromatic N) is 3. The van der Waals surface area contributed by atoms with Gasteiger partial charge in [-0.1, -0.05) is 18.2 Å². The number of anilines is 1. The fourth-order valence-electron chi connectivity index (χ4n) is 2.26. The molecule has 1 aromatic carbocycles. The number of carbonyl (C=O) groups excluding carboxylic acids is 2. The molecule has 0 atom stereocenters. The van der Waals surface area contributed by atoms with Crippen LogP contribution >= 0.6 is 0 Å². The number of aryl methyl sites for hydroxylation is 1. The lowest BCUT2D eigenvalue weighted by molar-refractivity contribution is -0.133. The molecule has 0 aliphatic heterocycles. The van der Waals surface area contributed by atoms with Gasteiger partial charge in [-0.05, 0) is 36.8 Å². The first-order chi connectivity index (χ1) is 12.7. The van der Waals surface area contributed by atoms with Crippen molar-refractivity contribution in [1.82, 2.24) is 14.2 Å². The number of nitrogens with one attached hydrogen (secondary N) is 1. The smallest absolute Gasteiger partial charge is 0.245 e. The topological polar surface area (TPSA) is 99.7 Å². The van der Waals surface area contributed by atoms with Gasteiger partial charge in [-0.25, -0.2) is 13.4 Å². The molecule has 0 bridgehead atoms. The largest absolute Gasteiger partial charge is 0.335 e.